The van der Waals surface area contributed by atoms with Crippen LogP contribution in [0.3, 0.4) is 0 Å². The normalized spacial score (nSPS) is 23.1. The fourth-order valence-electron chi connectivity index (χ4n) is 1.74. The number of methoxy groups -OCH3 is 2. The second-order valence-corrected chi connectivity index (χ2v) is 10.7. The number of hydrogen-bond donors (Lipinski definition) is 0. The molecular weight excluding hydrogens is 279 g/mol. The molecule has 1 rings (SSSR count). The van der Waals surface area contributed by atoms with Gasteiger partial charge in [0, 0.05) is 0 Å². The van der Waals surface area contributed by atoms with Crippen LogP contribution in [0.15, 0.2) is 11.8 Å². The van der Waals surface area contributed by atoms with Crippen molar-refractivity contribution in [2.75, 3.05) is 14.2 Å². The molecule has 2 atom stereocenters. The van der Waals surface area contributed by atoms with Crippen molar-refractivity contribution in [3.8, 4) is 0 Å². The lowest BCUT2D eigenvalue weighted by atomic mass is 9.85. The first-order valence-electron chi connectivity index (χ1n) is 6.42. The highest BCUT2D eigenvalue weighted by molar-refractivity contribution is 6.81. The summed E-state index contributed by atoms with van der Waals surface area (Å²) in [7, 11) is 0.531. The van der Waals surface area contributed by atoms with Crippen molar-refractivity contribution < 1.29 is 28.4 Å². The molecule has 8 heteroatoms. The third-order valence-corrected chi connectivity index (χ3v) is 3.92. The smallest absolute Gasteiger partial charge is 0.462 e. The molecule has 0 aromatic carbocycles. The van der Waals surface area contributed by atoms with Gasteiger partial charge in [0.2, 0.25) is 0 Å². The van der Waals surface area contributed by atoms with E-state index in [4.69, 9.17) is 9.31 Å². The Kier molecular flexibility index (Phi) is 5.97. The van der Waals surface area contributed by atoms with Crippen LogP contribution in [-0.4, -0.2) is 53.6 Å². The highest BCUT2D eigenvalue weighted by Gasteiger charge is 2.48. The van der Waals surface area contributed by atoms with Gasteiger partial charge in [0.1, 0.15) is 0 Å². The van der Waals surface area contributed by atoms with Gasteiger partial charge in [-0.15, -0.1) is 0 Å². The topological polar surface area (TPSA) is 71.1 Å². The minimum Gasteiger partial charge on any atom is -0.467 e. The van der Waals surface area contributed by atoms with Crippen LogP contribution in [0.2, 0.25) is 26.0 Å². The Morgan fingerprint density at radius 2 is 1.55 bits per heavy atom. The van der Waals surface area contributed by atoms with Gasteiger partial charge in [0.05, 0.1) is 22.3 Å². The van der Waals surface area contributed by atoms with E-state index in [0.717, 1.165) is 0 Å². The summed E-state index contributed by atoms with van der Waals surface area (Å²) in [6, 6.07) is 0. The van der Waals surface area contributed by atoms with Crippen molar-refractivity contribution in [2.24, 2.45) is 0 Å². The Bertz CT molecular complexity index is 368. The van der Waals surface area contributed by atoms with Gasteiger partial charge in [-0.1, -0.05) is 31.4 Å². The van der Waals surface area contributed by atoms with Crippen LogP contribution in [-0.2, 0) is 28.4 Å². The van der Waals surface area contributed by atoms with Crippen molar-refractivity contribution in [3.05, 3.63) is 11.8 Å². The zero-order valence-corrected chi connectivity index (χ0v) is 13.5. The number of hydrogen-bond acceptors (Lipinski definition) is 6. The van der Waals surface area contributed by atoms with E-state index in [0.29, 0.717) is 6.32 Å². The zero-order valence-electron chi connectivity index (χ0n) is 12.5. The number of esters is 2. The second kappa shape index (κ2) is 7.05. The Hall–Kier alpha value is -1.12. The van der Waals surface area contributed by atoms with Crippen LogP contribution < -0.4 is 0 Å². The van der Waals surface area contributed by atoms with Crippen molar-refractivity contribution in [1.82, 2.24) is 0 Å². The molecule has 0 bridgehead atoms. The minimum absolute atomic E-state index is 0.477. The Labute approximate surface area is 120 Å². The monoisotopic (exact) mass is 300 g/mol. The van der Waals surface area contributed by atoms with Crippen LogP contribution in [0, 0.1) is 0 Å². The van der Waals surface area contributed by atoms with E-state index in [1.807, 2.05) is 6.08 Å². The van der Waals surface area contributed by atoms with Crippen molar-refractivity contribution in [3.63, 3.8) is 0 Å². The third kappa shape index (κ3) is 4.77. The van der Waals surface area contributed by atoms with E-state index >= 15 is 0 Å². The van der Waals surface area contributed by atoms with E-state index < -0.39 is 39.3 Å². The fraction of sp³-hybridized carbons (Fsp3) is 0.667. The molecular formula is C12H21BO6Si. The quantitative estimate of drug-likeness (QED) is 0.558. The maximum Gasteiger partial charge on any atom is 0.462 e. The predicted molar refractivity (Wildman–Crippen MR) is 76.8 cm³/mol. The molecule has 112 valence electrons. The summed E-state index contributed by atoms with van der Waals surface area (Å²) in [6.45, 7) is 6.61. The Morgan fingerprint density at radius 1 is 1.10 bits per heavy atom. The first kappa shape index (κ1) is 16.9. The van der Waals surface area contributed by atoms with Gasteiger partial charge in [0.25, 0.3) is 0 Å². The van der Waals surface area contributed by atoms with E-state index in [1.54, 1.807) is 0 Å². The van der Waals surface area contributed by atoms with Crippen LogP contribution in [0.5, 0.6) is 0 Å². The minimum atomic E-state index is -1.30. The third-order valence-electron chi connectivity index (χ3n) is 2.69. The van der Waals surface area contributed by atoms with Gasteiger partial charge in [0.15, 0.2) is 12.2 Å². The molecule has 6 nitrogen and oxygen atoms in total. The molecule has 0 radical (unpaired) electrons. The maximum atomic E-state index is 11.6. The van der Waals surface area contributed by atoms with Crippen LogP contribution >= 0.6 is 0 Å². The number of ether oxygens (including phenoxy) is 2. The summed E-state index contributed by atoms with van der Waals surface area (Å²) in [5.74, 6) is -1.28. The zero-order chi connectivity index (χ0) is 15.3. The van der Waals surface area contributed by atoms with Crippen LogP contribution in [0.4, 0.5) is 0 Å². The van der Waals surface area contributed by atoms with Gasteiger partial charge >= 0.3 is 19.1 Å². The standard InChI is InChI=1S/C12H21BO6Si/c1-16-11(14)9-10(12(15)17-2)19-13(18-9)7-6-8-20(3,4)5/h6,8-10H,7H2,1-5H3/t9-,10-/m1/s1. The van der Waals surface area contributed by atoms with E-state index in [-0.39, 0.29) is 0 Å². The second-order valence-electron chi connectivity index (χ2n) is 5.59. The van der Waals surface area contributed by atoms with E-state index in [9.17, 15) is 9.59 Å². The fourth-order valence-corrected chi connectivity index (χ4v) is 2.58. The number of rotatable bonds is 5. The summed E-state index contributed by atoms with van der Waals surface area (Å²) in [6.07, 6.45) is 0.298. The first-order valence-corrected chi connectivity index (χ1v) is 10.0. The van der Waals surface area contributed by atoms with Crippen LogP contribution in [0.1, 0.15) is 0 Å². The molecule has 0 unspecified atom stereocenters. The van der Waals surface area contributed by atoms with Gasteiger partial charge in [-0.3, -0.25) is 0 Å². The SMILES string of the molecule is COC(=O)[C@@H]1OB(CC=C[Si](C)(C)C)O[C@H]1C(=O)OC. The summed E-state index contributed by atoms with van der Waals surface area (Å²) in [5.41, 5.74) is 2.15. The summed E-state index contributed by atoms with van der Waals surface area (Å²) in [5, 5.41) is 0. The summed E-state index contributed by atoms with van der Waals surface area (Å²) < 4.78 is 20.1. The highest BCUT2D eigenvalue weighted by atomic mass is 28.3. The molecule has 0 amide bonds. The average Bonchev–Trinajstić information content (AvgIpc) is 2.79. The lowest BCUT2D eigenvalue weighted by molar-refractivity contribution is -0.160. The number of carbonyl (C=O) groups is 2. The Morgan fingerprint density at radius 3 is 1.90 bits per heavy atom. The van der Waals surface area contributed by atoms with Crippen molar-refractivity contribution in [2.45, 2.75) is 38.2 Å². The summed E-state index contributed by atoms with van der Waals surface area (Å²) in [4.78, 5) is 23.2. The molecule has 0 spiro atoms. The van der Waals surface area contributed by atoms with Gasteiger partial charge in [-0.25, -0.2) is 9.59 Å². The van der Waals surface area contributed by atoms with Crippen molar-refractivity contribution in [1.29, 1.82) is 0 Å². The number of carbonyl (C=O) groups excluding carboxylic acids is 2. The molecule has 1 aliphatic heterocycles. The summed E-state index contributed by atoms with van der Waals surface area (Å²) >= 11 is 0. The maximum absolute atomic E-state index is 11.6. The van der Waals surface area contributed by atoms with Crippen molar-refractivity contribution >= 4 is 27.1 Å². The number of allylic oxidation sites excluding steroid dienone is 1. The highest BCUT2D eigenvalue weighted by Crippen LogP contribution is 2.22. The molecule has 20 heavy (non-hydrogen) atoms. The molecule has 1 saturated heterocycles. The molecule has 1 heterocycles. The first-order chi connectivity index (χ1) is 9.28. The predicted octanol–water partition coefficient (Wildman–Crippen LogP) is 1.04. The molecule has 1 fully saturated rings. The van der Waals surface area contributed by atoms with Gasteiger partial charge < -0.3 is 18.8 Å². The molecule has 0 aromatic rings. The molecule has 0 aromatic heterocycles. The average molecular weight is 300 g/mol. The van der Waals surface area contributed by atoms with E-state index in [1.165, 1.54) is 14.2 Å². The Balaban J connectivity index is 2.68. The molecule has 0 aliphatic carbocycles. The molecule has 0 N–H and O–H groups in total. The lowest BCUT2D eigenvalue weighted by Gasteiger charge is -2.13. The largest absolute Gasteiger partial charge is 0.467 e. The molecule has 0 saturated carbocycles. The van der Waals surface area contributed by atoms with Crippen LogP contribution in [0.25, 0.3) is 0 Å². The lowest BCUT2D eigenvalue weighted by Crippen LogP contribution is -2.38. The molecule has 1 aliphatic rings. The van der Waals surface area contributed by atoms with E-state index in [2.05, 4.69) is 34.8 Å². The van der Waals surface area contributed by atoms with Gasteiger partial charge in [-0.05, 0) is 6.32 Å². The van der Waals surface area contributed by atoms with Gasteiger partial charge in [-0.2, -0.15) is 0 Å².